The summed E-state index contributed by atoms with van der Waals surface area (Å²) in [4.78, 5) is 5.87. The molecule has 10 heteroatoms. The van der Waals surface area contributed by atoms with E-state index in [9.17, 15) is 18.8 Å². The summed E-state index contributed by atoms with van der Waals surface area (Å²) < 4.78 is 26.9. The van der Waals surface area contributed by atoms with E-state index in [1.807, 2.05) is 6.07 Å². The van der Waals surface area contributed by atoms with Crippen molar-refractivity contribution >= 4 is 43.9 Å². The standard InChI is InChI=1S/C25H28N4O4S2/c1-28-8-10-29(11-9-28)21-5-4-18-12-20(3-2-19(18)13-21)25-7-6-23(34-25)14-24(15-26)35(32,33)27-16-22(31)17-30/h2-7,12-14,22,27,30-31H,8-11,16-17H2,1H3. The summed E-state index contributed by atoms with van der Waals surface area (Å²) in [5.74, 6) is 0. The highest BCUT2D eigenvalue weighted by Crippen LogP contribution is 2.33. The maximum absolute atomic E-state index is 12.4. The van der Waals surface area contributed by atoms with E-state index >= 15 is 0 Å². The third kappa shape index (κ3) is 6.08. The average Bonchev–Trinajstić information content (AvgIpc) is 3.34. The van der Waals surface area contributed by atoms with Crippen LogP contribution in [0.4, 0.5) is 5.69 Å². The number of likely N-dealkylation sites (N-methyl/N-ethyl adjacent to an activating group) is 1. The number of aliphatic hydroxyl groups excluding tert-OH is 2. The van der Waals surface area contributed by atoms with Gasteiger partial charge in [0.05, 0.1) is 12.7 Å². The molecule has 8 nitrogen and oxygen atoms in total. The molecular weight excluding hydrogens is 484 g/mol. The molecular formula is C25H28N4O4S2. The number of benzene rings is 2. The van der Waals surface area contributed by atoms with Gasteiger partial charge in [0.2, 0.25) is 0 Å². The van der Waals surface area contributed by atoms with Crippen molar-refractivity contribution in [3.05, 3.63) is 58.3 Å². The van der Waals surface area contributed by atoms with Crippen LogP contribution < -0.4 is 9.62 Å². The summed E-state index contributed by atoms with van der Waals surface area (Å²) in [5.41, 5.74) is 2.24. The zero-order valence-electron chi connectivity index (χ0n) is 19.4. The second-order valence-electron chi connectivity index (χ2n) is 8.55. The van der Waals surface area contributed by atoms with E-state index in [0.29, 0.717) is 4.88 Å². The Hall–Kier alpha value is -2.78. The molecule has 0 saturated carbocycles. The molecule has 0 aliphatic carbocycles. The molecule has 0 amide bonds. The highest BCUT2D eigenvalue weighted by molar-refractivity contribution is 7.93. The fraction of sp³-hybridized carbons (Fsp3) is 0.320. The molecule has 1 aliphatic heterocycles. The van der Waals surface area contributed by atoms with Crippen molar-refractivity contribution in [3.8, 4) is 16.5 Å². The molecule has 1 atom stereocenters. The number of piperazine rings is 1. The topological polar surface area (TPSA) is 117 Å². The van der Waals surface area contributed by atoms with Gasteiger partial charge in [-0.15, -0.1) is 11.3 Å². The lowest BCUT2D eigenvalue weighted by Gasteiger charge is -2.34. The molecule has 2 aromatic carbocycles. The van der Waals surface area contributed by atoms with Gasteiger partial charge in [-0.2, -0.15) is 5.26 Å². The van der Waals surface area contributed by atoms with Crippen LogP contribution in [0.2, 0.25) is 0 Å². The van der Waals surface area contributed by atoms with E-state index < -0.39 is 27.6 Å². The first-order valence-corrected chi connectivity index (χ1v) is 13.6. The van der Waals surface area contributed by atoms with Crippen LogP contribution in [-0.2, 0) is 10.0 Å². The first-order valence-electron chi connectivity index (χ1n) is 11.3. The summed E-state index contributed by atoms with van der Waals surface area (Å²) in [6, 6.07) is 18.2. The van der Waals surface area contributed by atoms with E-state index in [-0.39, 0.29) is 6.54 Å². The Morgan fingerprint density at radius 3 is 2.57 bits per heavy atom. The van der Waals surface area contributed by atoms with Gasteiger partial charge in [-0.25, -0.2) is 13.1 Å². The average molecular weight is 513 g/mol. The van der Waals surface area contributed by atoms with Gasteiger partial charge in [0.25, 0.3) is 10.0 Å². The van der Waals surface area contributed by atoms with Crippen molar-refractivity contribution in [1.29, 1.82) is 5.26 Å². The highest BCUT2D eigenvalue weighted by atomic mass is 32.2. The van der Waals surface area contributed by atoms with Gasteiger partial charge in [0, 0.05) is 48.2 Å². The molecule has 0 spiro atoms. The number of thiophene rings is 1. The first kappa shape index (κ1) is 25.3. The Balaban J connectivity index is 1.53. The number of aliphatic hydroxyl groups is 2. The number of anilines is 1. The molecule has 3 N–H and O–H groups in total. The Morgan fingerprint density at radius 2 is 1.86 bits per heavy atom. The lowest BCUT2D eigenvalue weighted by atomic mass is 10.0. The quantitative estimate of drug-likeness (QED) is 0.397. The SMILES string of the molecule is CN1CCN(c2ccc3cc(-c4ccc(C=C(C#N)S(=O)(=O)NCC(O)CO)s4)ccc3c2)CC1. The van der Waals surface area contributed by atoms with Crippen LogP contribution in [0.3, 0.4) is 0 Å². The van der Waals surface area contributed by atoms with E-state index in [1.165, 1.54) is 23.1 Å². The summed E-state index contributed by atoms with van der Waals surface area (Å²) >= 11 is 1.39. The number of hydrogen-bond acceptors (Lipinski definition) is 8. The molecule has 3 aromatic rings. The molecule has 0 radical (unpaired) electrons. The molecule has 1 saturated heterocycles. The number of nitriles is 1. The third-order valence-corrected chi connectivity index (χ3v) is 8.41. The minimum absolute atomic E-state index is 0.374. The summed E-state index contributed by atoms with van der Waals surface area (Å²) in [5, 5.41) is 29.9. The Labute approximate surface area is 209 Å². The molecule has 1 aliphatic rings. The highest BCUT2D eigenvalue weighted by Gasteiger charge is 2.19. The van der Waals surface area contributed by atoms with E-state index in [0.717, 1.165) is 47.4 Å². The van der Waals surface area contributed by atoms with Crippen LogP contribution in [0.15, 0.2) is 53.4 Å². The second kappa shape index (κ2) is 10.9. The molecule has 1 fully saturated rings. The smallest absolute Gasteiger partial charge is 0.250 e. The zero-order valence-corrected chi connectivity index (χ0v) is 21.0. The monoisotopic (exact) mass is 512 g/mol. The van der Waals surface area contributed by atoms with Crippen molar-refractivity contribution in [2.45, 2.75) is 6.10 Å². The predicted octanol–water partition coefficient (Wildman–Crippen LogP) is 2.46. The van der Waals surface area contributed by atoms with Gasteiger partial charge < -0.3 is 20.0 Å². The molecule has 1 aromatic heterocycles. The summed E-state index contributed by atoms with van der Waals surface area (Å²) in [7, 11) is -1.95. The number of fused-ring (bicyclic) bond motifs is 1. The number of rotatable bonds is 8. The zero-order chi connectivity index (χ0) is 25.0. The van der Waals surface area contributed by atoms with Crippen LogP contribution in [0.5, 0.6) is 0 Å². The van der Waals surface area contributed by atoms with Crippen molar-refractivity contribution < 1.29 is 18.6 Å². The van der Waals surface area contributed by atoms with Gasteiger partial charge in [-0.05, 0) is 59.8 Å². The van der Waals surface area contributed by atoms with E-state index in [1.54, 1.807) is 12.1 Å². The van der Waals surface area contributed by atoms with Gasteiger partial charge in [-0.3, -0.25) is 0 Å². The minimum Gasteiger partial charge on any atom is -0.394 e. The van der Waals surface area contributed by atoms with Crippen molar-refractivity contribution in [2.75, 3.05) is 51.3 Å². The Kier molecular flexibility index (Phi) is 7.86. The largest absolute Gasteiger partial charge is 0.394 e. The lowest BCUT2D eigenvalue weighted by molar-refractivity contribution is 0.0989. The Bertz CT molecular complexity index is 1370. The van der Waals surface area contributed by atoms with E-state index in [4.69, 9.17) is 5.11 Å². The van der Waals surface area contributed by atoms with E-state index in [2.05, 4.69) is 58.0 Å². The van der Waals surface area contributed by atoms with Crippen LogP contribution in [0.1, 0.15) is 4.88 Å². The third-order valence-electron chi connectivity index (χ3n) is 6.00. The molecule has 0 bridgehead atoms. The van der Waals surface area contributed by atoms with Crippen LogP contribution in [-0.4, -0.2) is 76.0 Å². The van der Waals surface area contributed by atoms with Gasteiger partial charge in [-0.1, -0.05) is 18.2 Å². The fourth-order valence-electron chi connectivity index (χ4n) is 3.88. The van der Waals surface area contributed by atoms with Crippen molar-refractivity contribution in [3.63, 3.8) is 0 Å². The first-order chi connectivity index (χ1) is 16.8. The van der Waals surface area contributed by atoms with Crippen molar-refractivity contribution in [1.82, 2.24) is 9.62 Å². The van der Waals surface area contributed by atoms with Crippen LogP contribution in [0.25, 0.3) is 27.3 Å². The number of hydrogen-bond donors (Lipinski definition) is 3. The number of nitrogens with one attached hydrogen (secondary N) is 1. The number of allylic oxidation sites excluding steroid dienone is 1. The molecule has 4 rings (SSSR count). The molecule has 35 heavy (non-hydrogen) atoms. The van der Waals surface area contributed by atoms with Crippen LogP contribution >= 0.6 is 11.3 Å². The van der Waals surface area contributed by atoms with Crippen molar-refractivity contribution in [2.24, 2.45) is 0 Å². The summed E-state index contributed by atoms with van der Waals surface area (Å²) in [6.07, 6.45) is 0.0779. The Morgan fingerprint density at radius 1 is 1.14 bits per heavy atom. The number of nitrogens with zero attached hydrogens (tertiary/aromatic N) is 3. The number of sulfonamides is 1. The maximum Gasteiger partial charge on any atom is 0.250 e. The maximum atomic E-state index is 12.4. The van der Waals surface area contributed by atoms with Gasteiger partial charge >= 0.3 is 0 Å². The minimum atomic E-state index is -4.10. The second-order valence-corrected chi connectivity index (χ2v) is 11.4. The predicted molar refractivity (Wildman–Crippen MR) is 141 cm³/mol. The summed E-state index contributed by atoms with van der Waals surface area (Å²) in [6.45, 7) is 3.20. The van der Waals surface area contributed by atoms with Crippen LogP contribution in [0, 0.1) is 11.3 Å². The normalized spacial score (nSPS) is 16.4. The van der Waals surface area contributed by atoms with Gasteiger partial charge in [0.15, 0.2) is 4.91 Å². The molecule has 2 heterocycles. The fourth-order valence-corrected chi connectivity index (χ4v) is 5.87. The lowest BCUT2D eigenvalue weighted by Crippen LogP contribution is -2.44. The van der Waals surface area contributed by atoms with Gasteiger partial charge in [0.1, 0.15) is 6.07 Å². The molecule has 1 unspecified atom stereocenters. The molecule has 184 valence electrons.